The van der Waals surface area contributed by atoms with Crippen molar-refractivity contribution in [1.29, 1.82) is 0 Å². The third-order valence-corrected chi connectivity index (χ3v) is 3.72. The number of aromatic amines is 1. The molecule has 0 radical (unpaired) electrons. The van der Waals surface area contributed by atoms with Crippen LogP contribution in [0.4, 0.5) is 11.4 Å². The second-order valence-electron chi connectivity index (χ2n) is 4.83. The third-order valence-electron chi connectivity index (χ3n) is 3.40. The molecule has 6 nitrogen and oxygen atoms in total. The zero-order chi connectivity index (χ0) is 14.8. The summed E-state index contributed by atoms with van der Waals surface area (Å²) >= 11 is 6.11. The Morgan fingerprint density at radius 1 is 1.43 bits per heavy atom. The molecule has 1 atom stereocenters. The molecule has 1 aromatic carbocycles. The molecule has 2 aromatic rings. The molecule has 0 saturated carbocycles. The van der Waals surface area contributed by atoms with Crippen LogP contribution in [0.3, 0.4) is 0 Å². The van der Waals surface area contributed by atoms with E-state index in [-0.39, 0.29) is 18.2 Å². The van der Waals surface area contributed by atoms with Crippen LogP contribution in [-0.4, -0.2) is 28.6 Å². The van der Waals surface area contributed by atoms with Crippen molar-refractivity contribution in [3.8, 4) is 0 Å². The summed E-state index contributed by atoms with van der Waals surface area (Å²) in [6, 6.07) is 7.11. The zero-order valence-electron chi connectivity index (χ0n) is 11.0. The predicted octanol–water partition coefficient (Wildman–Crippen LogP) is 2.05. The monoisotopic (exact) mass is 304 g/mol. The van der Waals surface area contributed by atoms with Crippen molar-refractivity contribution >= 4 is 34.8 Å². The average Bonchev–Trinajstić information content (AvgIpc) is 3.09. The number of amides is 2. The number of hydrogen-bond donors (Lipinski definition) is 2. The van der Waals surface area contributed by atoms with Gasteiger partial charge < -0.3 is 10.2 Å². The first kappa shape index (κ1) is 13.6. The quantitative estimate of drug-likeness (QED) is 0.911. The van der Waals surface area contributed by atoms with Crippen LogP contribution in [0.2, 0.25) is 5.02 Å². The highest BCUT2D eigenvalue weighted by atomic mass is 35.5. The molecular weight excluding hydrogens is 292 g/mol. The Labute approximate surface area is 126 Å². The fourth-order valence-electron chi connectivity index (χ4n) is 2.35. The second kappa shape index (κ2) is 5.57. The summed E-state index contributed by atoms with van der Waals surface area (Å²) in [7, 11) is 0. The number of H-pyrrole nitrogens is 1. The molecule has 108 valence electrons. The average molecular weight is 305 g/mol. The molecule has 0 spiro atoms. The van der Waals surface area contributed by atoms with Crippen LogP contribution in [0.5, 0.6) is 0 Å². The van der Waals surface area contributed by atoms with Gasteiger partial charge in [0, 0.05) is 19.2 Å². The number of aromatic nitrogens is 2. The van der Waals surface area contributed by atoms with E-state index in [1.807, 2.05) is 6.07 Å². The Hall–Kier alpha value is -2.34. The fourth-order valence-corrected chi connectivity index (χ4v) is 2.59. The topological polar surface area (TPSA) is 78.1 Å². The normalized spacial score (nSPS) is 18.0. The van der Waals surface area contributed by atoms with Crippen LogP contribution in [0, 0.1) is 5.92 Å². The minimum absolute atomic E-state index is 0.101. The molecule has 21 heavy (non-hydrogen) atoms. The van der Waals surface area contributed by atoms with Crippen molar-refractivity contribution in [3.05, 3.63) is 41.7 Å². The van der Waals surface area contributed by atoms with E-state index in [1.165, 1.54) is 6.20 Å². The van der Waals surface area contributed by atoms with Crippen molar-refractivity contribution in [2.75, 3.05) is 16.8 Å². The minimum atomic E-state index is -0.399. The molecule has 2 amide bonds. The number of halogens is 1. The highest BCUT2D eigenvalue weighted by molar-refractivity contribution is 6.33. The molecule has 7 heteroatoms. The lowest BCUT2D eigenvalue weighted by molar-refractivity contribution is -0.122. The fraction of sp³-hybridized carbons (Fsp3) is 0.214. The first-order chi connectivity index (χ1) is 10.1. The zero-order valence-corrected chi connectivity index (χ0v) is 11.8. The van der Waals surface area contributed by atoms with Gasteiger partial charge in [0.1, 0.15) is 0 Å². The van der Waals surface area contributed by atoms with Crippen LogP contribution in [-0.2, 0) is 9.59 Å². The largest absolute Gasteiger partial charge is 0.323 e. The molecule has 1 fully saturated rings. The predicted molar refractivity (Wildman–Crippen MR) is 79.1 cm³/mol. The van der Waals surface area contributed by atoms with Gasteiger partial charge in [0.05, 0.1) is 28.5 Å². The van der Waals surface area contributed by atoms with Crippen LogP contribution in [0.15, 0.2) is 36.7 Å². The van der Waals surface area contributed by atoms with Gasteiger partial charge in [-0.1, -0.05) is 23.7 Å². The highest BCUT2D eigenvalue weighted by Gasteiger charge is 2.35. The number of benzene rings is 1. The van der Waals surface area contributed by atoms with E-state index in [1.54, 1.807) is 29.3 Å². The smallest absolute Gasteiger partial charge is 0.229 e. The van der Waals surface area contributed by atoms with Gasteiger partial charge in [-0.2, -0.15) is 5.10 Å². The van der Waals surface area contributed by atoms with Gasteiger partial charge in [-0.3, -0.25) is 14.7 Å². The number of anilines is 2. The third kappa shape index (κ3) is 2.75. The number of nitrogens with zero attached hydrogens (tertiary/aromatic N) is 2. The molecule has 0 unspecified atom stereocenters. The van der Waals surface area contributed by atoms with E-state index < -0.39 is 5.92 Å². The first-order valence-electron chi connectivity index (χ1n) is 6.49. The molecular formula is C14H13ClN4O2. The SMILES string of the molecule is O=C(Nc1cn[nH]c1)[C@H]1CC(=O)N(c2ccccc2Cl)C1. The first-order valence-corrected chi connectivity index (χ1v) is 6.87. The van der Waals surface area contributed by atoms with Crippen molar-refractivity contribution in [2.24, 2.45) is 5.92 Å². The Morgan fingerprint density at radius 3 is 2.95 bits per heavy atom. The van der Waals surface area contributed by atoms with E-state index in [2.05, 4.69) is 15.5 Å². The van der Waals surface area contributed by atoms with Gasteiger partial charge in [-0.15, -0.1) is 0 Å². The van der Waals surface area contributed by atoms with Crippen LogP contribution in [0.25, 0.3) is 0 Å². The van der Waals surface area contributed by atoms with Crippen molar-refractivity contribution in [2.45, 2.75) is 6.42 Å². The van der Waals surface area contributed by atoms with Crippen LogP contribution in [0.1, 0.15) is 6.42 Å². The molecule has 1 aliphatic rings. The highest BCUT2D eigenvalue weighted by Crippen LogP contribution is 2.31. The van der Waals surface area contributed by atoms with Gasteiger partial charge >= 0.3 is 0 Å². The van der Waals surface area contributed by atoms with Crippen LogP contribution >= 0.6 is 11.6 Å². The van der Waals surface area contributed by atoms with Crippen molar-refractivity contribution < 1.29 is 9.59 Å². The summed E-state index contributed by atoms with van der Waals surface area (Å²) in [4.78, 5) is 25.8. The van der Waals surface area contributed by atoms with E-state index in [9.17, 15) is 9.59 Å². The lowest BCUT2D eigenvalue weighted by Gasteiger charge is -2.17. The molecule has 1 saturated heterocycles. The van der Waals surface area contributed by atoms with Gasteiger partial charge in [0.15, 0.2) is 0 Å². The summed E-state index contributed by atoms with van der Waals surface area (Å²) in [6.45, 7) is 0.326. The Morgan fingerprint density at radius 2 is 2.24 bits per heavy atom. The molecule has 1 aromatic heterocycles. The number of para-hydroxylation sites is 1. The van der Waals surface area contributed by atoms with E-state index in [0.717, 1.165) is 0 Å². The van der Waals surface area contributed by atoms with Gasteiger partial charge in [-0.05, 0) is 12.1 Å². The number of carbonyl (C=O) groups excluding carboxylic acids is 2. The van der Waals surface area contributed by atoms with Gasteiger partial charge in [-0.25, -0.2) is 0 Å². The maximum absolute atomic E-state index is 12.2. The molecule has 1 aliphatic heterocycles. The number of nitrogens with one attached hydrogen (secondary N) is 2. The maximum Gasteiger partial charge on any atom is 0.229 e. The number of hydrogen-bond acceptors (Lipinski definition) is 3. The molecule has 2 heterocycles. The summed E-state index contributed by atoms with van der Waals surface area (Å²) in [6.07, 6.45) is 3.27. The standard InChI is InChI=1S/C14H13ClN4O2/c15-11-3-1-2-4-12(11)19-8-9(5-13(19)20)14(21)18-10-6-16-17-7-10/h1-4,6-7,9H,5,8H2,(H,16,17)(H,18,21)/t9-/m0/s1. The number of rotatable bonds is 3. The lowest BCUT2D eigenvalue weighted by atomic mass is 10.1. The lowest BCUT2D eigenvalue weighted by Crippen LogP contribution is -2.28. The molecule has 0 bridgehead atoms. The van der Waals surface area contributed by atoms with Crippen molar-refractivity contribution in [1.82, 2.24) is 10.2 Å². The number of carbonyl (C=O) groups is 2. The molecule has 3 rings (SSSR count). The minimum Gasteiger partial charge on any atom is -0.323 e. The Bertz CT molecular complexity index is 671. The Balaban J connectivity index is 1.73. The van der Waals surface area contributed by atoms with Gasteiger partial charge in [0.25, 0.3) is 0 Å². The molecule has 0 aliphatic carbocycles. The van der Waals surface area contributed by atoms with Crippen LogP contribution < -0.4 is 10.2 Å². The second-order valence-corrected chi connectivity index (χ2v) is 5.24. The van der Waals surface area contributed by atoms with Crippen molar-refractivity contribution in [3.63, 3.8) is 0 Å². The maximum atomic E-state index is 12.2. The summed E-state index contributed by atoms with van der Waals surface area (Å²) in [5, 5.41) is 9.60. The molecule has 2 N–H and O–H groups in total. The van der Waals surface area contributed by atoms with Gasteiger partial charge in [0.2, 0.25) is 11.8 Å². The Kier molecular flexibility index (Phi) is 3.62. The summed E-state index contributed by atoms with van der Waals surface area (Å²) in [5.74, 6) is -0.696. The summed E-state index contributed by atoms with van der Waals surface area (Å²) < 4.78 is 0. The van der Waals surface area contributed by atoms with E-state index in [0.29, 0.717) is 22.9 Å². The summed E-state index contributed by atoms with van der Waals surface area (Å²) in [5.41, 5.74) is 1.23. The van der Waals surface area contributed by atoms with E-state index >= 15 is 0 Å². The van der Waals surface area contributed by atoms with E-state index in [4.69, 9.17) is 11.6 Å².